The number of carbonyl (C=O) groups is 2. The van der Waals surface area contributed by atoms with Crippen LogP contribution in [0.2, 0.25) is 0 Å². The standard InChI is InChI=1S/C31H31N3O4/c32-19-25-12-7-13-26(18-25)20-33-30(35)29(34-31(36)38-22-24-10-5-2-6-11-24)27-14-16-28(17-15-27)37-21-23-8-3-1-4-9-23/h1-18,29H,19-22,32H2,(H,33,35)(H,34,36)/t29-/m0/s1. The Bertz CT molecular complexity index is 1310. The molecule has 0 aliphatic rings. The Balaban J connectivity index is 1.43. The van der Waals surface area contributed by atoms with E-state index in [1.54, 1.807) is 24.3 Å². The van der Waals surface area contributed by atoms with Crippen molar-refractivity contribution in [1.82, 2.24) is 10.6 Å². The van der Waals surface area contributed by atoms with Crippen molar-refractivity contribution in [1.29, 1.82) is 0 Å². The zero-order valence-corrected chi connectivity index (χ0v) is 21.0. The van der Waals surface area contributed by atoms with Crippen LogP contribution < -0.4 is 21.1 Å². The van der Waals surface area contributed by atoms with Crippen molar-refractivity contribution in [3.05, 3.63) is 137 Å². The molecule has 1 atom stereocenters. The van der Waals surface area contributed by atoms with Gasteiger partial charge in [0.2, 0.25) is 5.91 Å². The molecule has 0 saturated heterocycles. The summed E-state index contributed by atoms with van der Waals surface area (Å²) < 4.78 is 11.2. The van der Waals surface area contributed by atoms with Gasteiger partial charge >= 0.3 is 6.09 Å². The highest BCUT2D eigenvalue weighted by Gasteiger charge is 2.23. The Morgan fingerprint density at radius 2 is 1.32 bits per heavy atom. The highest BCUT2D eigenvalue weighted by molar-refractivity contribution is 5.86. The third-order valence-corrected chi connectivity index (χ3v) is 5.89. The largest absolute Gasteiger partial charge is 0.489 e. The molecule has 0 radical (unpaired) electrons. The number of ether oxygens (including phenoxy) is 2. The first-order chi connectivity index (χ1) is 18.6. The van der Waals surface area contributed by atoms with Crippen LogP contribution in [0.25, 0.3) is 0 Å². The predicted octanol–water partition coefficient (Wildman–Crippen LogP) is 5.01. The third kappa shape index (κ3) is 7.94. The monoisotopic (exact) mass is 509 g/mol. The maximum Gasteiger partial charge on any atom is 0.408 e. The van der Waals surface area contributed by atoms with E-state index in [0.717, 1.165) is 22.3 Å². The predicted molar refractivity (Wildman–Crippen MR) is 146 cm³/mol. The third-order valence-electron chi connectivity index (χ3n) is 5.89. The lowest BCUT2D eigenvalue weighted by atomic mass is 10.1. The number of hydrogen-bond donors (Lipinski definition) is 3. The van der Waals surface area contributed by atoms with Crippen molar-refractivity contribution in [3.8, 4) is 5.75 Å². The van der Waals surface area contributed by atoms with Gasteiger partial charge in [-0.2, -0.15) is 0 Å². The average Bonchev–Trinajstić information content (AvgIpc) is 2.98. The summed E-state index contributed by atoms with van der Waals surface area (Å²) in [4.78, 5) is 25.9. The molecule has 4 aromatic rings. The molecule has 194 valence electrons. The molecule has 0 aromatic heterocycles. The van der Waals surface area contributed by atoms with E-state index in [9.17, 15) is 9.59 Å². The Labute approximate surface area is 222 Å². The maximum absolute atomic E-state index is 13.2. The SMILES string of the molecule is NCc1cccc(CNC(=O)[C@@H](NC(=O)OCc2ccccc2)c2ccc(OCc3ccccc3)cc2)c1. The van der Waals surface area contributed by atoms with Gasteiger partial charge in [-0.3, -0.25) is 4.79 Å². The van der Waals surface area contributed by atoms with Gasteiger partial charge < -0.3 is 25.8 Å². The second-order valence-corrected chi connectivity index (χ2v) is 8.72. The number of alkyl carbamates (subject to hydrolysis) is 1. The first kappa shape index (κ1) is 26.4. The maximum atomic E-state index is 13.2. The van der Waals surface area contributed by atoms with Crippen LogP contribution in [0.15, 0.2) is 109 Å². The van der Waals surface area contributed by atoms with E-state index in [0.29, 0.717) is 31.0 Å². The average molecular weight is 510 g/mol. The van der Waals surface area contributed by atoms with Gasteiger partial charge in [-0.25, -0.2) is 4.79 Å². The molecule has 0 saturated carbocycles. The van der Waals surface area contributed by atoms with Gasteiger partial charge in [0.05, 0.1) is 0 Å². The number of rotatable bonds is 11. The van der Waals surface area contributed by atoms with E-state index >= 15 is 0 Å². The summed E-state index contributed by atoms with van der Waals surface area (Å²) in [5, 5.41) is 5.61. The zero-order valence-electron chi connectivity index (χ0n) is 21.0. The topological polar surface area (TPSA) is 103 Å². The van der Waals surface area contributed by atoms with Crippen LogP contribution >= 0.6 is 0 Å². The molecule has 0 unspecified atom stereocenters. The number of hydrogen-bond acceptors (Lipinski definition) is 5. The fourth-order valence-corrected chi connectivity index (χ4v) is 3.84. The summed E-state index contributed by atoms with van der Waals surface area (Å²) in [6.07, 6.45) is -0.691. The van der Waals surface area contributed by atoms with Crippen LogP contribution in [0.1, 0.15) is 33.9 Å². The fourth-order valence-electron chi connectivity index (χ4n) is 3.84. The van der Waals surface area contributed by atoms with E-state index in [1.165, 1.54) is 0 Å². The molecule has 2 amide bonds. The van der Waals surface area contributed by atoms with Crippen molar-refractivity contribution in [2.75, 3.05) is 0 Å². The van der Waals surface area contributed by atoms with E-state index in [1.807, 2.05) is 84.9 Å². The molecule has 38 heavy (non-hydrogen) atoms. The van der Waals surface area contributed by atoms with Gasteiger partial charge in [0, 0.05) is 13.1 Å². The Kier molecular flexibility index (Phi) is 9.48. The summed E-state index contributed by atoms with van der Waals surface area (Å²) in [6, 6.07) is 33.0. The zero-order chi connectivity index (χ0) is 26.6. The minimum Gasteiger partial charge on any atom is -0.489 e. The van der Waals surface area contributed by atoms with Crippen LogP contribution in [0.4, 0.5) is 4.79 Å². The van der Waals surface area contributed by atoms with E-state index in [4.69, 9.17) is 15.2 Å². The van der Waals surface area contributed by atoms with Crippen molar-refractivity contribution in [2.45, 2.75) is 32.3 Å². The minimum absolute atomic E-state index is 0.0964. The molecular formula is C31H31N3O4. The first-order valence-corrected chi connectivity index (χ1v) is 12.4. The molecule has 0 fully saturated rings. The summed E-state index contributed by atoms with van der Waals surface area (Å²) in [6.45, 7) is 1.23. The Morgan fingerprint density at radius 1 is 0.711 bits per heavy atom. The van der Waals surface area contributed by atoms with Gasteiger partial charge in [-0.15, -0.1) is 0 Å². The molecule has 4 N–H and O–H groups in total. The van der Waals surface area contributed by atoms with E-state index in [-0.39, 0.29) is 12.5 Å². The number of nitrogens with two attached hydrogens (primary N) is 1. The molecule has 7 heteroatoms. The summed E-state index contributed by atoms with van der Waals surface area (Å²) in [5.41, 5.74) is 10.1. The smallest absolute Gasteiger partial charge is 0.408 e. The lowest BCUT2D eigenvalue weighted by molar-refractivity contribution is -0.123. The second kappa shape index (κ2) is 13.6. The first-order valence-electron chi connectivity index (χ1n) is 12.4. The van der Waals surface area contributed by atoms with Crippen molar-refractivity contribution >= 4 is 12.0 Å². The van der Waals surface area contributed by atoms with Gasteiger partial charge in [0.1, 0.15) is 25.0 Å². The minimum atomic E-state index is -0.959. The van der Waals surface area contributed by atoms with E-state index < -0.39 is 12.1 Å². The fraction of sp³-hybridized carbons (Fsp3) is 0.161. The lowest BCUT2D eigenvalue weighted by Gasteiger charge is -2.19. The number of nitrogens with one attached hydrogen (secondary N) is 2. The van der Waals surface area contributed by atoms with Gasteiger partial charge in [0.25, 0.3) is 0 Å². The Hall–Kier alpha value is -4.62. The molecule has 0 bridgehead atoms. The van der Waals surface area contributed by atoms with Crippen LogP contribution in [0.5, 0.6) is 5.75 Å². The van der Waals surface area contributed by atoms with Crippen LogP contribution in [0, 0.1) is 0 Å². The molecule has 0 spiro atoms. The molecule has 7 nitrogen and oxygen atoms in total. The van der Waals surface area contributed by atoms with Crippen molar-refractivity contribution < 1.29 is 19.1 Å². The molecule has 0 aliphatic carbocycles. The molecule has 4 rings (SSSR count). The van der Waals surface area contributed by atoms with Gasteiger partial charge in [-0.1, -0.05) is 97.1 Å². The van der Waals surface area contributed by atoms with Crippen LogP contribution in [0.3, 0.4) is 0 Å². The molecule has 4 aromatic carbocycles. The summed E-state index contributed by atoms with van der Waals surface area (Å²) in [7, 11) is 0. The lowest BCUT2D eigenvalue weighted by Crippen LogP contribution is -2.40. The van der Waals surface area contributed by atoms with E-state index in [2.05, 4.69) is 10.6 Å². The number of benzene rings is 4. The van der Waals surface area contributed by atoms with Crippen LogP contribution in [-0.4, -0.2) is 12.0 Å². The molecule has 0 aliphatic heterocycles. The summed E-state index contributed by atoms with van der Waals surface area (Å²) >= 11 is 0. The Morgan fingerprint density at radius 3 is 1.97 bits per heavy atom. The number of carbonyl (C=O) groups excluding carboxylic acids is 2. The second-order valence-electron chi connectivity index (χ2n) is 8.72. The quantitative estimate of drug-likeness (QED) is 0.264. The number of amides is 2. The van der Waals surface area contributed by atoms with Crippen LogP contribution in [-0.2, 0) is 35.8 Å². The highest BCUT2D eigenvalue weighted by atomic mass is 16.5. The normalized spacial score (nSPS) is 11.3. The van der Waals surface area contributed by atoms with Gasteiger partial charge in [0.15, 0.2) is 0 Å². The summed E-state index contributed by atoms with van der Waals surface area (Å²) in [5.74, 6) is 0.291. The van der Waals surface area contributed by atoms with Crippen molar-refractivity contribution in [2.24, 2.45) is 5.73 Å². The van der Waals surface area contributed by atoms with Crippen molar-refractivity contribution in [3.63, 3.8) is 0 Å². The molecular weight excluding hydrogens is 478 g/mol. The molecule has 0 heterocycles. The van der Waals surface area contributed by atoms with Gasteiger partial charge in [-0.05, 0) is 39.9 Å². The highest BCUT2D eigenvalue weighted by Crippen LogP contribution is 2.20.